The topological polar surface area (TPSA) is 72.0 Å². The minimum absolute atomic E-state index is 0.0248. The molecule has 0 atom stereocenters. The Balaban J connectivity index is 1.52. The monoisotopic (exact) mass is 351 g/mol. The Morgan fingerprint density at radius 1 is 1.00 bits per heavy atom. The number of carbonyl (C=O) groups is 2. The number of aromatic nitrogens is 2. The Bertz CT molecular complexity index is 857. The number of benzene rings is 2. The third kappa shape index (κ3) is 4.58. The Morgan fingerprint density at radius 3 is 2.36 bits per heavy atom. The van der Waals surface area contributed by atoms with Crippen molar-refractivity contribution in [3.63, 3.8) is 0 Å². The first-order valence-electron chi connectivity index (χ1n) is 7.89. The van der Waals surface area contributed by atoms with Crippen LogP contribution < -0.4 is 5.32 Å². The van der Waals surface area contributed by atoms with Crippen LogP contribution in [0.4, 0.5) is 5.69 Å². The van der Waals surface area contributed by atoms with Crippen molar-refractivity contribution in [2.45, 2.75) is 19.8 Å². The average molecular weight is 351 g/mol. The van der Waals surface area contributed by atoms with Crippen LogP contribution in [0.1, 0.15) is 28.8 Å². The number of aryl methyl sites for hydroxylation is 1. The molecule has 0 aliphatic heterocycles. The highest BCUT2D eigenvalue weighted by molar-refractivity contribution is 7.09. The van der Waals surface area contributed by atoms with Crippen LogP contribution >= 0.6 is 11.5 Å². The lowest BCUT2D eigenvalue weighted by Gasteiger charge is -2.06. The van der Waals surface area contributed by atoms with Crippen molar-refractivity contribution in [2.24, 2.45) is 0 Å². The highest BCUT2D eigenvalue weighted by Crippen LogP contribution is 2.23. The quantitative estimate of drug-likeness (QED) is 0.678. The van der Waals surface area contributed by atoms with Gasteiger partial charge >= 0.3 is 0 Å². The first-order valence-corrected chi connectivity index (χ1v) is 8.67. The molecule has 5 nitrogen and oxygen atoms in total. The molecule has 1 heterocycles. The van der Waals surface area contributed by atoms with Crippen LogP contribution in [0.3, 0.4) is 0 Å². The molecule has 0 saturated carbocycles. The minimum Gasteiger partial charge on any atom is -0.326 e. The summed E-state index contributed by atoms with van der Waals surface area (Å²) in [5.41, 5.74) is 3.45. The number of rotatable bonds is 6. The zero-order valence-corrected chi connectivity index (χ0v) is 14.5. The number of ketones is 1. The van der Waals surface area contributed by atoms with Gasteiger partial charge in [0.25, 0.3) is 0 Å². The largest absolute Gasteiger partial charge is 0.326 e. The molecule has 1 N–H and O–H groups in total. The Morgan fingerprint density at radius 2 is 1.72 bits per heavy atom. The van der Waals surface area contributed by atoms with Gasteiger partial charge in [0.05, 0.1) is 11.1 Å². The Hall–Kier alpha value is -2.86. The zero-order valence-electron chi connectivity index (χ0n) is 13.7. The SMILES string of the molecule is Cc1ccc(C(=O)CCC(=O)Nc2ccc(-c3cnns3)cc2)cc1. The van der Waals surface area contributed by atoms with Crippen molar-refractivity contribution in [2.75, 3.05) is 5.32 Å². The lowest BCUT2D eigenvalue weighted by Crippen LogP contribution is -2.13. The highest BCUT2D eigenvalue weighted by Gasteiger charge is 2.10. The number of amides is 1. The van der Waals surface area contributed by atoms with Gasteiger partial charge in [-0.2, -0.15) is 0 Å². The maximum atomic E-state index is 12.1. The van der Waals surface area contributed by atoms with E-state index in [2.05, 4.69) is 14.9 Å². The highest BCUT2D eigenvalue weighted by atomic mass is 32.1. The smallest absolute Gasteiger partial charge is 0.224 e. The minimum atomic E-state index is -0.173. The van der Waals surface area contributed by atoms with Gasteiger partial charge < -0.3 is 5.32 Å². The molecule has 0 saturated heterocycles. The number of nitrogens with zero attached hydrogens (tertiary/aromatic N) is 2. The van der Waals surface area contributed by atoms with E-state index in [0.717, 1.165) is 16.0 Å². The van der Waals surface area contributed by atoms with Gasteiger partial charge in [0.2, 0.25) is 5.91 Å². The van der Waals surface area contributed by atoms with E-state index in [1.807, 2.05) is 43.3 Å². The van der Waals surface area contributed by atoms with Crippen molar-refractivity contribution in [3.8, 4) is 10.4 Å². The fourth-order valence-corrected chi connectivity index (χ4v) is 2.86. The van der Waals surface area contributed by atoms with Crippen LogP contribution in [0.5, 0.6) is 0 Å². The molecule has 0 aliphatic rings. The summed E-state index contributed by atoms with van der Waals surface area (Å²) in [7, 11) is 0. The second kappa shape index (κ2) is 7.81. The molecule has 1 aromatic heterocycles. The van der Waals surface area contributed by atoms with Gasteiger partial charge in [0, 0.05) is 24.1 Å². The van der Waals surface area contributed by atoms with Gasteiger partial charge in [-0.25, -0.2) is 0 Å². The van der Waals surface area contributed by atoms with Gasteiger partial charge in [0.1, 0.15) is 0 Å². The van der Waals surface area contributed by atoms with Gasteiger partial charge in [-0.15, -0.1) is 5.10 Å². The van der Waals surface area contributed by atoms with Crippen LogP contribution in [0, 0.1) is 6.92 Å². The predicted octanol–water partition coefficient (Wildman–Crippen LogP) is 4.12. The van der Waals surface area contributed by atoms with E-state index in [9.17, 15) is 9.59 Å². The molecule has 126 valence electrons. The maximum Gasteiger partial charge on any atom is 0.224 e. The molecule has 1 amide bonds. The van der Waals surface area contributed by atoms with Crippen molar-refractivity contribution in [1.82, 2.24) is 9.59 Å². The molecule has 0 bridgehead atoms. The summed E-state index contributed by atoms with van der Waals surface area (Å²) in [4.78, 5) is 25.1. The molecular weight excluding hydrogens is 334 g/mol. The lowest BCUT2D eigenvalue weighted by atomic mass is 10.0. The maximum absolute atomic E-state index is 12.1. The van der Waals surface area contributed by atoms with Crippen molar-refractivity contribution in [3.05, 3.63) is 65.9 Å². The molecule has 0 spiro atoms. The summed E-state index contributed by atoms with van der Waals surface area (Å²) >= 11 is 1.32. The Kier molecular flexibility index (Phi) is 5.30. The summed E-state index contributed by atoms with van der Waals surface area (Å²) in [6, 6.07) is 14.8. The number of carbonyl (C=O) groups excluding carboxylic acids is 2. The third-order valence-corrected chi connectivity index (χ3v) is 4.48. The van der Waals surface area contributed by atoms with Gasteiger partial charge in [-0.05, 0) is 36.2 Å². The number of hydrogen-bond acceptors (Lipinski definition) is 5. The fraction of sp³-hybridized carbons (Fsp3) is 0.158. The molecule has 0 unspecified atom stereocenters. The first kappa shape index (κ1) is 17.0. The number of anilines is 1. The zero-order chi connectivity index (χ0) is 17.6. The Labute approximate surface area is 149 Å². The first-order chi connectivity index (χ1) is 12.1. The van der Waals surface area contributed by atoms with Crippen LogP contribution in [0.2, 0.25) is 0 Å². The number of nitrogens with one attached hydrogen (secondary N) is 1. The van der Waals surface area contributed by atoms with Crippen molar-refractivity contribution < 1.29 is 9.59 Å². The molecule has 0 aliphatic carbocycles. The van der Waals surface area contributed by atoms with E-state index >= 15 is 0 Å². The standard InChI is InChI=1S/C19H17N3O2S/c1-13-2-4-14(5-3-13)17(23)10-11-19(24)21-16-8-6-15(7-9-16)18-12-20-22-25-18/h2-9,12H,10-11H2,1H3,(H,21,24). The molecule has 3 aromatic rings. The summed E-state index contributed by atoms with van der Waals surface area (Å²) in [5, 5.41) is 6.62. The van der Waals surface area contributed by atoms with Gasteiger partial charge in [-0.1, -0.05) is 46.4 Å². The van der Waals surface area contributed by atoms with E-state index in [0.29, 0.717) is 11.3 Å². The molecule has 25 heavy (non-hydrogen) atoms. The molecule has 6 heteroatoms. The van der Waals surface area contributed by atoms with Crippen LogP contribution in [0.25, 0.3) is 10.4 Å². The van der Waals surface area contributed by atoms with E-state index in [-0.39, 0.29) is 24.5 Å². The van der Waals surface area contributed by atoms with Gasteiger partial charge in [0.15, 0.2) is 5.78 Å². The summed E-state index contributed by atoms with van der Waals surface area (Å²) < 4.78 is 3.83. The molecule has 0 fully saturated rings. The average Bonchev–Trinajstić information content (AvgIpc) is 3.15. The normalized spacial score (nSPS) is 10.4. The molecule has 0 radical (unpaired) electrons. The molecular formula is C19H17N3O2S. The fourth-order valence-electron chi connectivity index (χ4n) is 2.35. The van der Waals surface area contributed by atoms with E-state index in [1.165, 1.54) is 11.5 Å². The third-order valence-electron chi connectivity index (χ3n) is 3.77. The van der Waals surface area contributed by atoms with E-state index in [4.69, 9.17) is 0 Å². The van der Waals surface area contributed by atoms with Crippen LogP contribution in [0.15, 0.2) is 54.7 Å². The summed E-state index contributed by atoms with van der Waals surface area (Å²) in [6.07, 6.45) is 2.06. The van der Waals surface area contributed by atoms with Gasteiger partial charge in [-0.3, -0.25) is 9.59 Å². The summed E-state index contributed by atoms with van der Waals surface area (Å²) in [5.74, 6) is -0.198. The number of Topliss-reactive ketones (excluding diaryl/α,β-unsaturated/α-hetero) is 1. The number of hydrogen-bond donors (Lipinski definition) is 1. The molecule has 3 rings (SSSR count). The van der Waals surface area contributed by atoms with Crippen LogP contribution in [-0.4, -0.2) is 21.3 Å². The van der Waals surface area contributed by atoms with E-state index in [1.54, 1.807) is 18.3 Å². The predicted molar refractivity (Wildman–Crippen MR) is 98.7 cm³/mol. The van der Waals surface area contributed by atoms with Crippen molar-refractivity contribution >= 4 is 28.9 Å². The van der Waals surface area contributed by atoms with E-state index < -0.39 is 0 Å². The molecule has 2 aromatic carbocycles. The second-order valence-corrected chi connectivity index (χ2v) is 6.48. The van der Waals surface area contributed by atoms with Crippen molar-refractivity contribution in [1.29, 1.82) is 0 Å². The summed E-state index contributed by atoms with van der Waals surface area (Å²) in [6.45, 7) is 1.97. The lowest BCUT2D eigenvalue weighted by molar-refractivity contribution is -0.116. The second-order valence-electron chi connectivity index (χ2n) is 5.70. The van der Waals surface area contributed by atoms with Crippen LogP contribution in [-0.2, 0) is 4.79 Å².